The van der Waals surface area contributed by atoms with Gasteiger partial charge in [0.15, 0.2) is 9.84 Å². The molecule has 0 saturated carbocycles. The van der Waals surface area contributed by atoms with Crippen LogP contribution >= 0.6 is 0 Å². The van der Waals surface area contributed by atoms with E-state index in [4.69, 9.17) is 5.26 Å². The zero-order valence-corrected chi connectivity index (χ0v) is 11.5. The Morgan fingerprint density at radius 1 is 1.47 bits per heavy atom. The maximum atomic E-state index is 11.2. The fourth-order valence-electron chi connectivity index (χ4n) is 2.05. The van der Waals surface area contributed by atoms with E-state index in [9.17, 15) is 8.42 Å². The van der Waals surface area contributed by atoms with Crippen LogP contribution in [0.5, 0.6) is 0 Å². The van der Waals surface area contributed by atoms with E-state index in [0.717, 1.165) is 32.4 Å². The van der Waals surface area contributed by atoms with Gasteiger partial charge < -0.3 is 5.32 Å². The van der Waals surface area contributed by atoms with Gasteiger partial charge in [0.2, 0.25) is 0 Å². The van der Waals surface area contributed by atoms with Gasteiger partial charge in [-0.2, -0.15) is 5.26 Å². The summed E-state index contributed by atoms with van der Waals surface area (Å²) in [6, 6.07) is 2.28. The van der Waals surface area contributed by atoms with E-state index < -0.39 is 9.84 Å². The summed E-state index contributed by atoms with van der Waals surface area (Å²) in [6.07, 6.45) is 2.62. The van der Waals surface area contributed by atoms with Crippen molar-refractivity contribution in [1.82, 2.24) is 5.32 Å². The molecule has 98 valence electrons. The number of hydrogen-bond acceptors (Lipinski definition) is 4. The van der Waals surface area contributed by atoms with E-state index >= 15 is 0 Å². The highest BCUT2D eigenvalue weighted by Crippen LogP contribution is 2.20. The maximum Gasteiger partial charge on any atom is 0.150 e. The zero-order chi connectivity index (χ0) is 12.9. The second-order valence-corrected chi connectivity index (χ2v) is 7.80. The summed E-state index contributed by atoms with van der Waals surface area (Å²) < 4.78 is 22.5. The van der Waals surface area contributed by atoms with Crippen molar-refractivity contribution >= 4 is 9.84 Å². The molecule has 1 N–H and O–H groups in total. The monoisotopic (exact) mass is 258 g/mol. The summed E-state index contributed by atoms with van der Waals surface area (Å²) in [7, 11) is -2.75. The Morgan fingerprint density at radius 3 is 2.71 bits per heavy atom. The number of nitrogens with zero attached hydrogens (tertiary/aromatic N) is 1. The third-order valence-corrected chi connectivity index (χ3v) is 5.05. The Labute approximate surface area is 104 Å². The van der Waals surface area contributed by atoms with Crippen LogP contribution in [0.1, 0.15) is 33.1 Å². The zero-order valence-electron chi connectivity index (χ0n) is 10.7. The van der Waals surface area contributed by atoms with Gasteiger partial charge in [-0.15, -0.1) is 0 Å². The van der Waals surface area contributed by atoms with E-state index in [1.807, 2.05) is 13.8 Å². The molecule has 1 unspecified atom stereocenters. The van der Waals surface area contributed by atoms with Crippen LogP contribution in [-0.2, 0) is 9.84 Å². The van der Waals surface area contributed by atoms with Crippen LogP contribution in [-0.4, -0.2) is 33.0 Å². The summed E-state index contributed by atoms with van der Waals surface area (Å²) in [5.74, 6) is 0.966. The minimum Gasteiger partial charge on any atom is -0.316 e. The molecule has 1 fully saturated rings. The van der Waals surface area contributed by atoms with Gasteiger partial charge in [-0.1, -0.05) is 0 Å². The SMILES string of the molecule is CC(C)(C#N)CCCNCC1CCS(=O)(=O)C1. The van der Waals surface area contributed by atoms with Crippen molar-refractivity contribution in [2.45, 2.75) is 33.1 Å². The first-order valence-corrected chi connectivity index (χ1v) is 7.99. The minimum absolute atomic E-state index is 0.252. The number of rotatable bonds is 6. The molecular formula is C12H22N2O2S. The molecule has 0 aliphatic carbocycles. The van der Waals surface area contributed by atoms with Gasteiger partial charge in [0.25, 0.3) is 0 Å². The van der Waals surface area contributed by atoms with Crippen LogP contribution in [0.3, 0.4) is 0 Å². The van der Waals surface area contributed by atoms with Crippen LogP contribution in [0, 0.1) is 22.7 Å². The summed E-state index contributed by atoms with van der Waals surface area (Å²) in [5, 5.41) is 12.1. The first-order valence-electron chi connectivity index (χ1n) is 6.17. The van der Waals surface area contributed by atoms with Gasteiger partial charge in [-0.3, -0.25) is 0 Å². The lowest BCUT2D eigenvalue weighted by Gasteiger charge is -2.15. The minimum atomic E-state index is -2.75. The molecule has 1 atom stereocenters. The molecule has 0 radical (unpaired) electrons. The second kappa shape index (κ2) is 5.83. The molecule has 0 spiro atoms. The normalized spacial score (nSPS) is 23.5. The first kappa shape index (κ1) is 14.5. The van der Waals surface area contributed by atoms with Crippen molar-refractivity contribution in [2.24, 2.45) is 11.3 Å². The van der Waals surface area contributed by atoms with Gasteiger partial charge >= 0.3 is 0 Å². The highest BCUT2D eigenvalue weighted by molar-refractivity contribution is 7.91. The number of hydrogen-bond donors (Lipinski definition) is 1. The van der Waals surface area contributed by atoms with E-state index in [2.05, 4.69) is 11.4 Å². The third kappa shape index (κ3) is 5.51. The van der Waals surface area contributed by atoms with Crippen LogP contribution in [0.4, 0.5) is 0 Å². The Hall–Kier alpha value is -0.600. The van der Waals surface area contributed by atoms with Crippen molar-refractivity contribution in [2.75, 3.05) is 24.6 Å². The summed E-state index contributed by atoms with van der Waals surface area (Å²) >= 11 is 0. The van der Waals surface area contributed by atoms with E-state index in [-0.39, 0.29) is 11.3 Å². The quantitative estimate of drug-likeness (QED) is 0.730. The molecule has 5 heteroatoms. The molecule has 0 amide bonds. The highest BCUT2D eigenvalue weighted by Gasteiger charge is 2.27. The van der Waals surface area contributed by atoms with E-state index in [0.29, 0.717) is 11.5 Å². The first-order chi connectivity index (χ1) is 7.85. The van der Waals surface area contributed by atoms with Crippen LogP contribution < -0.4 is 5.32 Å². The third-order valence-electron chi connectivity index (χ3n) is 3.22. The van der Waals surface area contributed by atoms with Crippen molar-refractivity contribution in [1.29, 1.82) is 5.26 Å². The topological polar surface area (TPSA) is 70.0 Å². The highest BCUT2D eigenvalue weighted by atomic mass is 32.2. The molecule has 17 heavy (non-hydrogen) atoms. The Kier molecular flexibility index (Phi) is 4.96. The van der Waals surface area contributed by atoms with Gasteiger partial charge in [0.1, 0.15) is 0 Å². The smallest absolute Gasteiger partial charge is 0.150 e. The fraction of sp³-hybridized carbons (Fsp3) is 0.917. The Bertz CT molecular complexity index is 382. The molecule has 1 aliphatic rings. The number of sulfone groups is 1. The average molecular weight is 258 g/mol. The molecule has 1 saturated heterocycles. The predicted octanol–water partition coefficient (Wildman–Crippen LogP) is 1.34. The van der Waals surface area contributed by atoms with Crippen LogP contribution in [0.25, 0.3) is 0 Å². The van der Waals surface area contributed by atoms with Crippen molar-refractivity contribution < 1.29 is 8.42 Å². The Morgan fingerprint density at radius 2 is 2.18 bits per heavy atom. The van der Waals surface area contributed by atoms with Gasteiger partial charge in [0.05, 0.1) is 23.0 Å². The van der Waals surface area contributed by atoms with Crippen LogP contribution in [0.15, 0.2) is 0 Å². The van der Waals surface area contributed by atoms with E-state index in [1.54, 1.807) is 0 Å². The largest absolute Gasteiger partial charge is 0.316 e. The number of nitrogens with one attached hydrogen (secondary N) is 1. The van der Waals surface area contributed by atoms with Gasteiger partial charge in [-0.05, 0) is 52.1 Å². The molecule has 1 rings (SSSR count). The lowest BCUT2D eigenvalue weighted by Crippen LogP contribution is -2.25. The Balaban J connectivity index is 2.08. The standard InChI is InChI=1S/C12H22N2O2S/c1-12(2,10-13)5-3-6-14-8-11-4-7-17(15,16)9-11/h11,14H,3-9H2,1-2H3. The molecule has 0 aromatic rings. The fourth-order valence-corrected chi connectivity index (χ4v) is 3.91. The summed E-state index contributed by atoms with van der Waals surface area (Å²) in [5.41, 5.74) is -0.252. The predicted molar refractivity (Wildman–Crippen MR) is 68.3 cm³/mol. The molecule has 0 bridgehead atoms. The molecule has 1 aliphatic heterocycles. The second-order valence-electron chi connectivity index (χ2n) is 5.57. The van der Waals surface area contributed by atoms with Gasteiger partial charge in [-0.25, -0.2) is 8.42 Å². The molecule has 0 aromatic heterocycles. The maximum absolute atomic E-state index is 11.2. The average Bonchev–Trinajstić information content (AvgIpc) is 2.58. The summed E-state index contributed by atoms with van der Waals surface area (Å²) in [4.78, 5) is 0. The van der Waals surface area contributed by atoms with Crippen LogP contribution in [0.2, 0.25) is 0 Å². The lowest BCUT2D eigenvalue weighted by molar-refractivity contribution is 0.418. The molecular weight excluding hydrogens is 236 g/mol. The molecule has 0 aromatic carbocycles. The van der Waals surface area contributed by atoms with E-state index in [1.165, 1.54) is 0 Å². The summed E-state index contributed by atoms with van der Waals surface area (Å²) in [6.45, 7) is 5.53. The van der Waals surface area contributed by atoms with Crippen molar-refractivity contribution in [3.63, 3.8) is 0 Å². The molecule has 1 heterocycles. The number of nitriles is 1. The molecule has 4 nitrogen and oxygen atoms in total. The van der Waals surface area contributed by atoms with Crippen molar-refractivity contribution in [3.05, 3.63) is 0 Å². The van der Waals surface area contributed by atoms with Gasteiger partial charge in [0, 0.05) is 0 Å². The van der Waals surface area contributed by atoms with Crippen molar-refractivity contribution in [3.8, 4) is 6.07 Å². The lowest BCUT2D eigenvalue weighted by atomic mass is 9.90.